The molecule has 0 amide bonds. The summed E-state index contributed by atoms with van der Waals surface area (Å²) in [5.74, 6) is 2.51. The number of hydrogen-bond acceptors (Lipinski definition) is 7. The molecule has 9 heteroatoms. The Morgan fingerprint density at radius 1 is 1.25 bits per heavy atom. The summed E-state index contributed by atoms with van der Waals surface area (Å²) in [6.07, 6.45) is 0. The van der Waals surface area contributed by atoms with Crippen molar-refractivity contribution in [1.29, 1.82) is 0 Å². The smallest absolute Gasteiger partial charge is 0.137 e. The minimum absolute atomic E-state index is 0.254. The average molecular weight is 382 g/mol. The lowest BCUT2D eigenvalue weighted by Crippen LogP contribution is -2.44. The number of ether oxygens (including phenoxy) is 1. The van der Waals surface area contributed by atoms with Crippen LogP contribution in [0.15, 0.2) is 12.1 Å². The highest BCUT2D eigenvalue weighted by molar-refractivity contribution is 5.76. The molecule has 9 nitrogen and oxygen atoms in total. The molecule has 1 aliphatic heterocycles. The Hall–Kier alpha value is -2.94. The van der Waals surface area contributed by atoms with Crippen LogP contribution in [0.4, 0.5) is 17.5 Å². The summed E-state index contributed by atoms with van der Waals surface area (Å²) in [6, 6.07) is 4.35. The second-order valence-electron chi connectivity index (χ2n) is 7.31. The number of nitrogens with one attached hydrogen (secondary N) is 2. The molecule has 2 N–H and O–H groups in total. The van der Waals surface area contributed by atoms with Gasteiger partial charge in [0.2, 0.25) is 0 Å². The van der Waals surface area contributed by atoms with Crippen molar-refractivity contribution in [3.8, 4) is 11.3 Å². The van der Waals surface area contributed by atoms with Crippen LogP contribution >= 0.6 is 0 Å². The lowest BCUT2D eigenvalue weighted by molar-refractivity contribution is 0.0985. The van der Waals surface area contributed by atoms with Crippen molar-refractivity contribution in [3.63, 3.8) is 0 Å². The SMILES string of the molecule is Cc1cc(Nc2nc(N3CCOCC3C)cc(-c3c(C)nnn3C)c2C)[nH]n1. The van der Waals surface area contributed by atoms with Crippen LogP contribution in [0, 0.1) is 20.8 Å². The molecule has 148 valence electrons. The minimum Gasteiger partial charge on any atom is -0.377 e. The third-order valence-corrected chi connectivity index (χ3v) is 5.13. The van der Waals surface area contributed by atoms with Gasteiger partial charge in [0.15, 0.2) is 0 Å². The first kappa shape index (κ1) is 18.4. The van der Waals surface area contributed by atoms with Crippen LogP contribution in [0.2, 0.25) is 0 Å². The number of hydrogen-bond donors (Lipinski definition) is 2. The Morgan fingerprint density at radius 3 is 2.71 bits per heavy atom. The molecule has 0 radical (unpaired) electrons. The van der Waals surface area contributed by atoms with Crippen molar-refractivity contribution in [2.45, 2.75) is 33.7 Å². The molecule has 28 heavy (non-hydrogen) atoms. The van der Waals surface area contributed by atoms with E-state index < -0.39 is 0 Å². The quantitative estimate of drug-likeness (QED) is 0.715. The maximum atomic E-state index is 5.60. The highest BCUT2D eigenvalue weighted by Gasteiger charge is 2.24. The van der Waals surface area contributed by atoms with E-state index in [0.29, 0.717) is 13.2 Å². The van der Waals surface area contributed by atoms with Crippen molar-refractivity contribution in [2.75, 3.05) is 30.0 Å². The topological polar surface area (TPSA) is 96.8 Å². The molecule has 0 spiro atoms. The van der Waals surface area contributed by atoms with Gasteiger partial charge < -0.3 is 15.0 Å². The molecule has 1 atom stereocenters. The van der Waals surface area contributed by atoms with Crippen molar-refractivity contribution in [1.82, 2.24) is 30.2 Å². The number of aromatic nitrogens is 6. The Morgan fingerprint density at radius 2 is 2.07 bits per heavy atom. The number of pyridine rings is 1. The zero-order chi connectivity index (χ0) is 19.8. The third kappa shape index (κ3) is 3.33. The van der Waals surface area contributed by atoms with Crippen LogP contribution in [0.25, 0.3) is 11.3 Å². The van der Waals surface area contributed by atoms with E-state index >= 15 is 0 Å². The summed E-state index contributed by atoms with van der Waals surface area (Å²) in [7, 11) is 1.91. The molecule has 1 aliphatic rings. The van der Waals surface area contributed by atoms with E-state index in [1.165, 1.54) is 0 Å². The predicted octanol–water partition coefficient (Wildman–Crippen LogP) is 2.49. The largest absolute Gasteiger partial charge is 0.377 e. The summed E-state index contributed by atoms with van der Waals surface area (Å²) in [5.41, 5.74) is 4.90. The second kappa shape index (κ2) is 7.23. The van der Waals surface area contributed by atoms with Crippen LogP contribution in [0.5, 0.6) is 0 Å². The fourth-order valence-electron chi connectivity index (χ4n) is 3.62. The summed E-state index contributed by atoms with van der Waals surface area (Å²) >= 11 is 0. The summed E-state index contributed by atoms with van der Waals surface area (Å²) in [4.78, 5) is 7.23. The van der Waals surface area contributed by atoms with Gasteiger partial charge in [-0.05, 0) is 33.8 Å². The molecule has 4 rings (SSSR count). The fraction of sp³-hybridized carbons (Fsp3) is 0.474. The van der Waals surface area contributed by atoms with E-state index in [9.17, 15) is 0 Å². The minimum atomic E-state index is 0.254. The molecule has 4 heterocycles. The van der Waals surface area contributed by atoms with Crippen molar-refractivity contribution in [3.05, 3.63) is 29.1 Å². The maximum absolute atomic E-state index is 5.60. The molecule has 1 unspecified atom stereocenters. The van der Waals surface area contributed by atoms with Crippen molar-refractivity contribution in [2.24, 2.45) is 7.05 Å². The van der Waals surface area contributed by atoms with Gasteiger partial charge in [-0.1, -0.05) is 5.21 Å². The first-order valence-electron chi connectivity index (χ1n) is 9.45. The average Bonchev–Trinajstić information content (AvgIpc) is 3.22. The van der Waals surface area contributed by atoms with Gasteiger partial charge in [-0.25, -0.2) is 9.67 Å². The fourth-order valence-corrected chi connectivity index (χ4v) is 3.62. The molecule has 0 aliphatic carbocycles. The highest BCUT2D eigenvalue weighted by Crippen LogP contribution is 2.34. The maximum Gasteiger partial charge on any atom is 0.137 e. The summed E-state index contributed by atoms with van der Waals surface area (Å²) in [6.45, 7) is 10.3. The van der Waals surface area contributed by atoms with Gasteiger partial charge in [-0.15, -0.1) is 5.10 Å². The van der Waals surface area contributed by atoms with E-state index in [4.69, 9.17) is 9.72 Å². The van der Waals surface area contributed by atoms with E-state index in [0.717, 1.165) is 52.2 Å². The normalized spacial score (nSPS) is 17.2. The second-order valence-corrected chi connectivity index (χ2v) is 7.31. The Labute approximate surface area is 164 Å². The van der Waals surface area contributed by atoms with Crippen LogP contribution in [-0.4, -0.2) is 56.0 Å². The molecule has 1 saturated heterocycles. The van der Waals surface area contributed by atoms with Crippen LogP contribution in [0.1, 0.15) is 23.9 Å². The Balaban J connectivity index is 1.84. The number of aryl methyl sites for hydroxylation is 3. The standard InChI is InChI=1S/C19H26N8O/c1-11-8-16(24-22-11)20-19-13(3)15(18-14(4)23-25-26(18)5)9-17(21-19)27-6-7-28-10-12(27)2/h8-9,12H,6-7,10H2,1-5H3,(H2,20,21,22,24). The van der Waals surface area contributed by atoms with Gasteiger partial charge in [0, 0.05) is 30.8 Å². The van der Waals surface area contributed by atoms with Gasteiger partial charge in [0.1, 0.15) is 17.5 Å². The van der Waals surface area contributed by atoms with Gasteiger partial charge in [-0.2, -0.15) is 5.10 Å². The molecule has 0 aromatic carbocycles. The first-order valence-corrected chi connectivity index (χ1v) is 9.45. The van der Waals surface area contributed by atoms with E-state index in [2.05, 4.69) is 50.6 Å². The van der Waals surface area contributed by atoms with E-state index in [-0.39, 0.29) is 6.04 Å². The van der Waals surface area contributed by atoms with Crippen LogP contribution in [0.3, 0.4) is 0 Å². The monoisotopic (exact) mass is 382 g/mol. The van der Waals surface area contributed by atoms with Gasteiger partial charge in [0.25, 0.3) is 0 Å². The van der Waals surface area contributed by atoms with Crippen molar-refractivity contribution >= 4 is 17.5 Å². The number of rotatable bonds is 4. The molecule has 3 aromatic rings. The molecule has 3 aromatic heterocycles. The zero-order valence-corrected chi connectivity index (χ0v) is 16.9. The highest BCUT2D eigenvalue weighted by atomic mass is 16.5. The number of H-pyrrole nitrogens is 1. The zero-order valence-electron chi connectivity index (χ0n) is 16.9. The van der Waals surface area contributed by atoms with Gasteiger partial charge >= 0.3 is 0 Å². The number of aromatic amines is 1. The molecular formula is C19H26N8O. The van der Waals surface area contributed by atoms with Crippen molar-refractivity contribution < 1.29 is 4.74 Å². The summed E-state index contributed by atoms with van der Waals surface area (Å²) < 4.78 is 7.42. The molecule has 0 bridgehead atoms. The third-order valence-electron chi connectivity index (χ3n) is 5.13. The van der Waals surface area contributed by atoms with E-state index in [1.54, 1.807) is 0 Å². The first-order chi connectivity index (χ1) is 13.4. The molecule has 1 fully saturated rings. The van der Waals surface area contributed by atoms with Crippen LogP contribution < -0.4 is 10.2 Å². The number of anilines is 3. The molecule has 0 saturated carbocycles. The molecular weight excluding hydrogens is 356 g/mol. The summed E-state index contributed by atoms with van der Waals surface area (Å²) in [5, 5.41) is 19.0. The van der Waals surface area contributed by atoms with Crippen LogP contribution in [-0.2, 0) is 11.8 Å². The number of nitrogens with zero attached hydrogens (tertiary/aromatic N) is 6. The lowest BCUT2D eigenvalue weighted by atomic mass is 10.0. The number of morpholine rings is 1. The van der Waals surface area contributed by atoms with E-state index in [1.807, 2.05) is 31.6 Å². The predicted molar refractivity (Wildman–Crippen MR) is 108 cm³/mol. The Kier molecular flexibility index (Phi) is 4.76. The van der Waals surface area contributed by atoms with Gasteiger partial charge in [0.05, 0.1) is 36.3 Å². The Bertz CT molecular complexity index is 972. The lowest BCUT2D eigenvalue weighted by Gasteiger charge is -2.35. The van der Waals surface area contributed by atoms with Gasteiger partial charge in [-0.3, -0.25) is 5.10 Å².